The quantitative estimate of drug-likeness (QED) is 0.253. The molecular weight excluding hydrogens is 198 g/mol. The third-order valence-electron chi connectivity index (χ3n) is 0. The molecule has 0 heterocycles. The van der Waals surface area contributed by atoms with Gasteiger partial charge in [0.15, 0.2) is 0 Å². The Morgan fingerprint density at radius 3 is 1.18 bits per heavy atom. The normalized spacial score (nSPS) is 10.8. The van der Waals surface area contributed by atoms with Crippen LogP contribution >= 0.6 is 7.82 Å². The van der Waals surface area contributed by atoms with Crippen LogP contribution in [0.1, 0.15) is 22.2 Å². The molecule has 0 saturated heterocycles. The van der Waals surface area contributed by atoms with E-state index in [1.54, 1.807) is 20.8 Å². The number of rotatable bonds is 0. The molecule has 66 valence electrons. The summed E-state index contributed by atoms with van der Waals surface area (Å²) in [5.41, 5.74) is -0.500. The molecule has 0 saturated carbocycles. The van der Waals surface area contributed by atoms with Crippen LogP contribution in [-0.4, -0.2) is 25.4 Å². The standard InChI is InChI=1S/C4H10O.K.H3O4P.H/c1-4(2,3)5;;1-5(2,3)4;/h5H,1-3H3;;(H3,1,2,3,4);/q;+1;;-1. The minimum atomic E-state index is -4.64. The first-order valence-electron chi connectivity index (χ1n) is 2.51. The maximum Gasteiger partial charge on any atom is 1.00 e. The summed E-state index contributed by atoms with van der Waals surface area (Å²) in [4.78, 5) is 21.6. The second-order valence-corrected chi connectivity index (χ2v) is 3.71. The van der Waals surface area contributed by atoms with E-state index >= 15 is 0 Å². The molecule has 0 unspecified atom stereocenters. The van der Waals surface area contributed by atoms with E-state index in [0.717, 1.165) is 0 Å². The molecule has 7 heteroatoms. The minimum absolute atomic E-state index is 0. The molecule has 0 aliphatic rings. The predicted octanol–water partition coefficient (Wildman–Crippen LogP) is -3.03. The van der Waals surface area contributed by atoms with Crippen molar-refractivity contribution in [2.75, 3.05) is 0 Å². The Bertz CT molecular complexity index is 116. The molecule has 0 aromatic heterocycles. The van der Waals surface area contributed by atoms with Crippen molar-refractivity contribution in [1.82, 2.24) is 0 Å². The van der Waals surface area contributed by atoms with E-state index < -0.39 is 13.4 Å². The maximum absolute atomic E-state index is 8.88. The maximum atomic E-state index is 8.88. The monoisotopic (exact) mass is 212 g/mol. The smallest absolute Gasteiger partial charge is 1.00 e. The Balaban J connectivity index is -0.0000000457. The van der Waals surface area contributed by atoms with Gasteiger partial charge >= 0.3 is 59.2 Å². The Morgan fingerprint density at radius 2 is 1.18 bits per heavy atom. The van der Waals surface area contributed by atoms with Gasteiger partial charge in [-0.15, -0.1) is 0 Å². The van der Waals surface area contributed by atoms with Crippen molar-refractivity contribution >= 4 is 7.82 Å². The Hall–Kier alpha value is 1.71. The van der Waals surface area contributed by atoms with E-state index in [2.05, 4.69) is 0 Å². The molecule has 0 fully saturated rings. The second kappa shape index (κ2) is 7.14. The molecular formula is C4H14KO5P. The Labute approximate surface area is 110 Å². The van der Waals surface area contributed by atoms with Gasteiger partial charge in [-0.2, -0.15) is 0 Å². The van der Waals surface area contributed by atoms with E-state index in [1.165, 1.54) is 0 Å². The summed E-state index contributed by atoms with van der Waals surface area (Å²) in [5, 5.41) is 8.52. The molecule has 0 aromatic carbocycles. The summed E-state index contributed by atoms with van der Waals surface area (Å²) in [6.07, 6.45) is 0. The van der Waals surface area contributed by atoms with Gasteiger partial charge in [-0.05, 0) is 20.8 Å². The minimum Gasteiger partial charge on any atom is -1.00 e. The molecule has 4 N–H and O–H groups in total. The largest absolute Gasteiger partial charge is 1.00 e. The van der Waals surface area contributed by atoms with Gasteiger partial charge in [0.2, 0.25) is 0 Å². The first kappa shape index (κ1) is 18.5. The van der Waals surface area contributed by atoms with Crippen molar-refractivity contribution in [3.05, 3.63) is 0 Å². The topological polar surface area (TPSA) is 98.0 Å². The first-order chi connectivity index (χ1) is 4.00. The average molecular weight is 212 g/mol. The summed E-state index contributed by atoms with van der Waals surface area (Å²) in [5.74, 6) is 0. The van der Waals surface area contributed by atoms with Crippen LogP contribution in [0.2, 0.25) is 0 Å². The van der Waals surface area contributed by atoms with Gasteiger partial charge in [0.05, 0.1) is 5.60 Å². The zero-order valence-electron chi connectivity index (χ0n) is 8.14. The summed E-state index contributed by atoms with van der Waals surface area (Å²) in [6.45, 7) is 5.23. The first-order valence-corrected chi connectivity index (χ1v) is 4.07. The van der Waals surface area contributed by atoms with Crippen LogP contribution in [-0.2, 0) is 4.57 Å². The fourth-order valence-electron chi connectivity index (χ4n) is 0. The molecule has 0 bridgehead atoms. The van der Waals surface area contributed by atoms with Crippen molar-refractivity contribution in [1.29, 1.82) is 0 Å². The van der Waals surface area contributed by atoms with E-state index in [4.69, 9.17) is 24.4 Å². The molecule has 0 radical (unpaired) electrons. The van der Waals surface area contributed by atoms with Crippen LogP contribution in [0.25, 0.3) is 0 Å². The zero-order chi connectivity index (χ0) is 9.00. The molecule has 0 aromatic rings. The van der Waals surface area contributed by atoms with Gasteiger partial charge in [0, 0.05) is 0 Å². The molecule has 0 atom stereocenters. The van der Waals surface area contributed by atoms with Crippen LogP contribution in [0.4, 0.5) is 0 Å². The molecule has 5 nitrogen and oxygen atoms in total. The van der Waals surface area contributed by atoms with Gasteiger partial charge in [-0.1, -0.05) is 0 Å². The van der Waals surface area contributed by atoms with Crippen molar-refractivity contribution in [3.8, 4) is 0 Å². The van der Waals surface area contributed by atoms with Crippen LogP contribution in [0.3, 0.4) is 0 Å². The molecule has 0 rings (SSSR count). The molecule has 11 heavy (non-hydrogen) atoms. The number of hydrogen-bond donors (Lipinski definition) is 4. The van der Waals surface area contributed by atoms with Gasteiger partial charge in [-0.25, -0.2) is 4.57 Å². The van der Waals surface area contributed by atoms with Crippen molar-refractivity contribution in [2.24, 2.45) is 0 Å². The number of aliphatic hydroxyl groups is 1. The van der Waals surface area contributed by atoms with Crippen molar-refractivity contribution in [2.45, 2.75) is 26.4 Å². The van der Waals surface area contributed by atoms with Crippen molar-refractivity contribution < 1.29 is 77.2 Å². The number of hydrogen-bond acceptors (Lipinski definition) is 2. The molecule has 0 aliphatic heterocycles. The molecule has 0 spiro atoms. The van der Waals surface area contributed by atoms with E-state index in [0.29, 0.717) is 0 Å². The predicted molar refractivity (Wildman–Crippen MR) is 37.3 cm³/mol. The van der Waals surface area contributed by atoms with Gasteiger partial charge < -0.3 is 21.2 Å². The molecule has 0 aliphatic carbocycles. The third kappa shape index (κ3) is 379. The van der Waals surface area contributed by atoms with E-state index in [1.807, 2.05) is 0 Å². The summed E-state index contributed by atoms with van der Waals surface area (Å²) >= 11 is 0. The fraction of sp³-hybridized carbons (Fsp3) is 1.00. The van der Waals surface area contributed by atoms with Gasteiger partial charge in [0.25, 0.3) is 0 Å². The summed E-state index contributed by atoms with van der Waals surface area (Å²) in [6, 6.07) is 0. The second-order valence-electron chi connectivity index (χ2n) is 2.68. The van der Waals surface area contributed by atoms with Crippen LogP contribution in [0.5, 0.6) is 0 Å². The average Bonchev–Trinajstić information content (AvgIpc) is 1.12. The SMILES string of the molecule is CC(C)(C)O.O=P(O)(O)O.[H-].[K+]. The summed E-state index contributed by atoms with van der Waals surface area (Å²) < 4.78 is 8.88. The van der Waals surface area contributed by atoms with E-state index in [-0.39, 0.29) is 52.8 Å². The van der Waals surface area contributed by atoms with E-state index in [9.17, 15) is 0 Å². The van der Waals surface area contributed by atoms with Crippen LogP contribution in [0.15, 0.2) is 0 Å². The fourth-order valence-corrected chi connectivity index (χ4v) is 0. The van der Waals surface area contributed by atoms with Crippen molar-refractivity contribution in [3.63, 3.8) is 0 Å². The third-order valence-corrected chi connectivity index (χ3v) is 0. The van der Waals surface area contributed by atoms with Crippen LogP contribution < -0.4 is 51.4 Å². The van der Waals surface area contributed by atoms with Crippen LogP contribution in [0, 0.1) is 0 Å². The van der Waals surface area contributed by atoms with Gasteiger partial charge in [-0.3, -0.25) is 0 Å². The summed E-state index contributed by atoms with van der Waals surface area (Å²) in [7, 11) is -4.64. The number of phosphoric acid groups is 1. The molecule has 0 amide bonds. The van der Waals surface area contributed by atoms with Gasteiger partial charge in [0.1, 0.15) is 0 Å². The Morgan fingerprint density at radius 1 is 1.18 bits per heavy atom. The zero-order valence-corrected chi connectivity index (χ0v) is 11.2. The Kier molecular flexibility index (Phi) is 12.0.